The highest BCUT2D eigenvalue weighted by atomic mass is 32.2. The molecular formula is C7H8N2S2. The molecule has 11 heavy (non-hydrogen) atoms. The van der Waals surface area contributed by atoms with Crippen molar-refractivity contribution in [2.24, 2.45) is 0 Å². The Morgan fingerprint density at radius 3 is 2.82 bits per heavy atom. The van der Waals surface area contributed by atoms with Crippen molar-refractivity contribution < 1.29 is 0 Å². The van der Waals surface area contributed by atoms with Crippen molar-refractivity contribution >= 4 is 23.1 Å². The number of rotatable bonds is 2. The van der Waals surface area contributed by atoms with Crippen LogP contribution in [0.2, 0.25) is 0 Å². The Labute approximate surface area is 74.3 Å². The van der Waals surface area contributed by atoms with Gasteiger partial charge in [-0.15, -0.1) is 11.3 Å². The second kappa shape index (κ2) is 3.74. The van der Waals surface area contributed by atoms with Crippen LogP contribution in [-0.2, 0) is 0 Å². The van der Waals surface area contributed by atoms with E-state index in [0.717, 1.165) is 10.0 Å². The van der Waals surface area contributed by atoms with E-state index in [2.05, 4.69) is 11.1 Å². The van der Waals surface area contributed by atoms with Crippen LogP contribution in [-0.4, -0.2) is 10.7 Å². The minimum Gasteiger partial charge on any atom is -0.235 e. The van der Waals surface area contributed by atoms with Crippen molar-refractivity contribution in [1.82, 2.24) is 4.98 Å². The maximum absolute atomic E-state index is 8.31. The number of nitrogens with zero attached hydrogens (tertiary/aromatic N) is 2. The van der Waals surface area contributed by atoms with Gasteiger partial charge in [0.05, 0.1) is 17.5 Å². The lowest BCUT2D eigenvalue weighted by molar-refractivity contribution is 1.14. The minimum absolute atomic E-state index is 0.492. The average Bonchev–Trinajstić information content (AvgIpc) is 2.28. The van der Waals surface area contributed by atoms with E-state index in [1.165, 1.54) is 16.6 Å². The summed E-state index contributed by atoms with van der Waals surface area (Å²) in [4.78, 5) is 5.52. The summed E-state index contributed by atoms with van der Waals surface area (Å²) in [5.41, 5.74) is 1.08. The van der Waals surface area contributed by atoms with E-state index in [-0.39, 0.29) is 0 Å². The number of aryl methyl sites for hydroxylation is 2. The summed E-state index contributed by atoms with van der Waals surface area (Å²) >= 11 is 3.16. The number of hydrogen-bond acceptors (Lipinski definition) is 4. The molecule has 0 unspecified atom stereocenters. The van der Waals surface area contributed by atoms with E-state index in [0.29, 0.717) is 5.75 Å². The maximum atomic E-state index is 8.31. The Hall–Kier alpha value is -0.530. The van der Waals surface area contributed by atoms with Gasteiger partial charge >= 0.3 is 0 Å². The molecule has 0 aliphatic heterocycles. The first-order chi connectivity index (χ1) is 5.24. The van der Waals surface area contributed by atoms with Crippen LogP contribution in [0.3, 0.4) is 0 Å². The molecule has 0 radical (unpaired) electrons. The fourth-order valence-corrected chi connectivity index (χ4v) is 2.41. The molecule has 0 fully saturated rings. The lowest BCUT2D eigenvalue weighted by atomic mass is 10.4. The quantitative estimate of drug-likeness (QED) is 0.662. The second-order valence-electron chi connectivity index (χ2n) is 2.07. The highest BCUT2D eigenvalue weighted by Crippen LogP contribution is 2.25. The predicted molar refractivity (Wildman–Crippen MR) is 47.9 cm³/mol. The van der Waals surface area contributed by atoms with Gasteiger partial charge in [-0.3, -0.25) is 0 Å². The molecule has 4 heteroatoms. The number of hydrogen-bond donors (Lipinski definition) is 0. The Morgan fingerprint density at radius 1 is 1.64 bits per heavy atom. The van der Waals surface area contributed by atoms with E-state index >= 15 is 0 Å². The van der Waals surface area contributed by atoms with Crippen LogP contribution in [0.15, 0.2) is 4.34 Å². The van der Waals surface area contributed by atoms with E-state index in [1.54, 1.807) is 11.3 Å². The summed E-state index contributed by atoms with van der Waals surface area (Å²) in [7, 11) is 0. The van der Waals surface area contributed by atoms with Crippen LogP contribution in [0.4, 0.5) is 0 Å². The van der Waals surface area contributed by atoms with Gasteiger partial charge < -0.3 is 0 Å². The van der Waals surface area contributed by atoms with Crippen molar-refractivity contribution in [2.75, 3.05) is 5.75 Å². The molecule has 0 amide bonds. The van der Waals surface area contributed by atoms with Crippen LogP contribution in [0.5, 0.6) is 0 Å². The molecule has 0 N–H and O–H groups in total. The summed E-state index contributed by atoms with van der Waals surface area (Å²) < 4.78 is 1.00. The summed E-state index contributed by atoms with van der Waals surface area (Å²) in [6.07, 6.45) is 0. The Bertz CT molecular complexity index is 266. The van der Waals surface area contributed by atoms with Gasteiger partial charge in [0.15, 0.2) is 4.34 Å². The lowest BCUT2D eigenvalue weighted by Crippen LogP contribution is -1.74. The zero-order valence-corrected chi connectivity index (χ0v) is 8.05. The van der Waals surface area contributed by atoms with Crippen LogP contribution in [0.25, 0.3) is 0 Å². The normalized spacial score (nSPS) is 9.55. The first-order valence-corrected chi connectivity index (χ1v) is 4.98. The number of thiazole rings is 1. The van der Waals surface area contributed by atoms with Gasteiger partial charge in [0, 0.05) is 4.88 Å². The van der Waals surface area contributed by atoms with E-state index in [9.17, 15) is 0 Å². The van der Waals surface area contributed by atoms with Gasteiger partial charge in [0.1, 0.15) is 0 Å². The largest absolute Gasteiger partial charge is 0.235 e. The summed E-state index contributed by atoms with van der Waals surface area (Å²) in [5, 5.41) is 8.31. The molecule has 1 aromatic heterocycles. The topological polar surface area (TPSA) is 36.7 Å². The van der Waals surface area contributed by atoms with Gasteiger partial charge in [0.25, 0.3) is 0 Å². The molecule has 1 rings (SSSR count). The van der Waals surface area contributed by atoms with Crippen molar-refractivity contribution in [3.8, 4) is 6.07 Å². The van der Waals surface area contributed by atoms with Crippen LogP contribution >= 0.6 is 23.1 Å². The predicted octanol–water partition coefficient (Wildman–Crippen LogP) is 2.38. The second-order valence-corrected chi connectivity index (χ2v) is 4.49. The van der Waals surface area contributed by atoms with Crippen LogP contribution in [0.1, 0.15) is 10.6 Å². The molecule has 0 aliphatic carbocycles. The Morgan fingerprint density at radius 2 is 2.36 bits per heavy atom. The van der Waals surface area contributed by atoms with Gasteiger partial charge in [-0.25, -0.2) is 4.98 Å². The highest BCUT2D eigenvalue weighted by molar-refractivity contribution is 8.01. The zero-order valence-electron chi connectivity index (χ0n) is 6.42. The Kier molecular flexibility index (Phi) is 2.92. The van der Waals surface area contributed by atoms with Crippen LogP contribution in [0, 0.1) is 25.2 Å². The smallest absolute Gasteiger partial charge is 0.151 e. The fraction of sp³-hybridized carbons (Fsp3) is 0.429. The molecule has 0 aromatic carbocycles. The number of aromatic nitrogens is 1. The molecule has 0 aliphatic rings. The minimum atomic E-state index is 0.492. The van der Waals surface area contributed by atoms with Crippen molar-refractivity contribution in [1.29, 1.82) is 5.26 Å². The molecular weight excluding hydrogens is 176 g/mol. The molecule has 0 saturated carbocycles. The van der Waals surface area contributed by atoms with Crippen molar-refractivity contribution in [2.45, 2.75) is 18.2 Å². The summed E-state index contributed by atoms with van der Waals surface area (Å²) in [6, 6.07) is 2.07. The van der Waals surface area contributed by atoms with E-state index < -0.39 is 0 Å². The fourth-order valence-electron chi connectivity index (χ4n) is 0.599. The van der Waals surface area contributed by atoms with Crippen molar-refractivity contribution in [3.63, 3.8) is 0 Å². The van der Waals surface area contributed by atoms with Crippen molar-refractivity contribution in [3.05, 3.63) is 10.6 Å². The Balaban J connectivity index is 2.67. The first-order valence-electron chi connectivity index (χ1n) is 3.18. The summed E-state index contributed by atoms with van der Waals surface area (Å²) in [5.74, 6) is 0.492. The summed E-state index contributed by atoms with van der Waals surface area (Å²) in [6.45, 7) is 4.03. The molecule has 0 atom stereocenters. The first kappa shape index (κ1) is 8.57. The molecule has 0 bridgehead atoms. The van der Waals surface area contributed by atoms with E-state index in [1.807, 2.05) is 13.8 Å². The molecule has 58 valence electrons. The average molecular weight is 184 g/mol. The standard InChI is InChI=1S/C7H8N2S2/c1-5-6(2)11-7(9-5)10-4-3-8/h4H2,1-2H3. The third kappa shape index (κ3) is 2.21. The van der Waals surface area contributed by atoms with Gasteiger partial charge in [0.2, 0.25) is 0 Å². The number of thioether (sulfide) groups is 1. The van der Waals surface area contributed by atoms with Crippen LogP contribution < -0.4 is 0 Å². The monoisotopic (exact) mass is 184 g/mol. The lowest BCUT2D eigenvalue weighted by Gasteiger charge is -1.83. The molecule has 2 nitrogen and oxygen atoms in total. The number of nitriles is 1. The molecule has 1 aromatic rings. The molecule has 1 heterocycles. The highest BCUT2D eigenvalue weighted by Gasteiger charge is 2.02. The molecule has 0 spiro atoms. The van der Waals surface area contributed by atoms with Gasteiger partial charge in [-0.05, 0) is 13.8 Å². The third-order valence-corrected chi connectivity index (χ3v) is 3.35. The molecule has 0 saturated heterocycles. The zero-order chi connectivity index (χ0) is 8.27. The SMILES string of the molecule is Cc1nc(SCC#N)sc1C. The van der Waals surface area contributed by atoms with Gasteiger partial charge in [-0.1, -0.05) is 11.8 Å². The third-order valence-electron chi connectivity index (χ3n) is 1.27. The maximum Gasteiger partial charge on any atom is 0.151 e. The van der Waals surface area contributed by atoms with Gasteiger partial charge in [-0.2, -0.15) is 5.26 Å². The van der Waals surface area contributed by atoms with E-state index in [4.69, 9.17) is 5.26 Å².